The molecule has 21 heavy (non-hydrogen) atoms. The van der Waals surface area contributed by atoms with Crippen molar-refractivity contribution in [3.05, 3.63) is 23.4 Å². The SMILES string of the molecule is CCc1cc(C(=O)NCC2(C)CCN(C)CC2)cc(N)n1. The summed E-state index contributed by atoms with van der Waals surface area (Å²) in [5.74, 6) is 0.351. The standard InChI is InChI=1S/C16H26N4O/c1-4-13-9-12(10-14(17)19-13)15(21)18-11-16(2)5-7-20(3)8-6-16/h9-10H,4-8,11H2,1-3H3,(H2,17,19)(H,18,21). The number of carbonyl (C=O) groups is 1. The molecule has 2 heterocycles. The molecule has 5 nitrogen and oxygen atoms in total. The van der Waals surface area contributed by atoms with Crippen LogP contribution in [-0.4, -0.2) is 42.5 Å². The fraction of sp³-hybridized carbons (Fsp3) is 0.625. The number of nitrogen functional groups attached to an aromatic ring is 1. The largest absolute Gasteiger partial charge is 0.384 e. The molecular formula is C16H26N4O. The molecule has 116 valence electrons. The lowest BCUT2D eigenvalue weighted by atomic mass is 9.80. The number of rotatable bonds is 4. The predicted octanol–water partition coefficient (Wildman–Crippen LogP) is 1.69. The molecule has 5 heteroatoms. The van der Waals surface area contributed by atoms with Gasteiger partial charge in [0.2, 0.25) is 0 Å². The third-order valence-corrected chi connectivity index (χ3v) is 4.39. The van der Waals surface area contributed by atoms with Gasteiger partial charge in [0.15, 0.2) is 0 Å². The monoisotopic (exact) mass is 290 g/mol. The van der Waals surface area contributed by atoms with E-state index in [4.69, 9.17) is 5.73 Å². The zero-order chi connectivity index (χ0) is 15.5. The van der Waals surface area contributed by atoms with E-state index in [9.17, 15) is 4.79 Å². The molecule has 3 N–H and O–H groups in total. The Bertz CT molecular complexity index is 507. The quantitative estimate of drug-likeness (QED) is 0.885. The Kier molecular flexibility index (Phi) is 4.83. The molecule has 1 amide bonds. The van der Waals surface area contributed by atoms with Crippen molar-refractivity contribution in [2.24, 2.45) is 5.41 Å². The van der Waals surface area contributed by atoms with Crippen molar-refractivity contribution in [2.75, 3.05) is 32.4 Å². The number of aryl methyl sites for hydroxylation is 1. The molecule has 0 saturated carbocycles. The van der Waals surface area contributed by atoms with Gasteiger partial charge in [-0.1, -0.05) is 13.8 Å². The van der Waals surface area contributed by atoms with E-state index in [2.05, 4.69) is 29.2 Å². The van der Waals surface area contributed by atoms with Crippen molar-refractivity contribution in [1.82, 2.24) is 15.2 Å². The first-order valence-electron chi connectivity index (χ1n) is 7.65. The first-order chi connectivity index (χ1) is 9.92. The van der Waals surface area contributed by atoms with Crippen molar-refractivity contribution in [3.63, 3.8) is 0 Å². The lowest BCUT2D eigenvalue weighted by Gasteiger charge is -2.37. The second-order valence-corrected chi connectivity index (χ2v) is 6.42. The van der Waals surface area contributed by atoms with Crippen LogP contribution in [0, 0.1) is 5.41 Å². The molecule has 0 bridgehead atoms. The van der Waals surface area contributed by atoms with E-state index in [1.807, 2.05) is 13.0 Å². The highest BCUT2D eigenvalue weighted by atomic mass is 16.1. The summed E-state index contributed by atoms with van der Waals surface area (Å²) < 4.78 is 0. The minimum Gasteiger partial charge on any atom is -0.384 e. The number of carbonyl (C=O) groups excluding carboxylic acids is 1. The van der Waals surface area contributed by atoms with Crippen LogP contribution in [0.4, 0.5) is 5.82 Å². The number of hydrogen-bond acceptors (Lipinski definition) is 4. The summed E-state index contributed by atoms with van der Waals surface area (Å²) in [5, 5.41) is 3.06. The summed E-state index contributed by atoms with van der Waals surface area (Å²) in [4.78, 5) is 18.8. The number of anilines is 1. The van der Waals surface area contributed by atoms with Gasteiger partial charge in [-0.3, -0.25) is 4.79 Å². The van der Waals surface area contributed by atoms with Crippen LogP contribution in [0.1, 0.15) is 42.7 Å². The molecule has 1 aliphatic rings. The summed E-state index contributed by atoms with van der Waals surface area (Å²) in [6.07, 6.45) is 3.00. The Morgan fingerprint density at radius 1 is 1.43 bits per heavy atom. The third-order valence-electron chi connectivity index (χ3n) is 4.39. The van der Waals surface area contributed by atoms with Crippen LogP contribution in [0.15, 0.2) is 12.1 Å². The molecular weight excluding hydrogens is 264 g/mol. The number of pyridine rings is 1. The highest BCUT2D eigenvalue weighted by Gasteiger charge is 2.29. The van der Waals surface area contributed by atoms with Crippen LogP contribution < -0.4 is 11.1 Å². The highest BCUT2D eigenvalue weighted by Crippen LogP contribution is 2.29. The number of piperidine rings is 1. The molecule has 0 aromatic carbocycles. The lowest BCUT2D eigenvalue weighted by Crippen LogP contribution is -2.43. The Labute approximate surface area is 126 Å². The molecule has 0 unspecified atom stereocenters. The van der Waals surface area contributed by atoms with E-state index in [0.29, 0.717) is 17.9 Å². The van der Waals surface area contributed by atoms with Crippen molar-refractivity contribution in [2.45, 2.75) is 33.1 Å². The lowest BCUT2D eigenvalue weighted by molar-refractivity contribution is 0.0891. The number of likely N-dealkylation sites (tertiary alicyclic amines) is 1. The number of nitrogens with zero attached hydrogens (tertiary/aromatic N) is 2. The van der Waals surface area contributed by atoms with Crippen molar-refractivity contribution in [3.8, 4) is 0 Å². The van der Waals surface area contributed by atoms with Crippen LogP contribution in [0.25, 0.3) is 0 Å². The summed E-state index contributed by atoms with van der Waals surface area (Å²) >= 11 is 0. The van der Waals surface area contributed by atoms with Gasteiger partial charge in [-0.15, -0.1) is 0 Å². The molecule has 1 aliphatic heterocycles. The maximum Gasteiger partial charge on any atom is 0.251 e. The molecule has 1 aromatic rings. The third kappa shape index (κ3) is 4.17. The highest BCUT2D eigenvalue weighted by molar-refractivity contribution is 5.94. The van der Waals surface area contributed by atoms with Crippen LogP contribution in [0.3, 0.4) is 0 Å². The second kappa shape index (κ2) is 6.43. The van der Waals surface area contributed by atoms with Gasteiger partial charge in [0.05, 0.1) is 0 Å². The average Bonchev–Trinajstić information content (AvgIpc) is 2.47. The average molecular weight is 290 g/mol. The van der Waals surface area contributed by atoms with Gasteiger partial charge in [0.25, 0.3) is 5.91 Å². The first kappa shape index (κ1) is 15.8. The van der Waals surface area contributed by atoms with Gasteiger partial charge in [0, 0.05) is 17.8 Å². The molecule has 1 aromatic heterocycles. The Balaban J connectivity index is 1.97. The van der Waals surface area contributed by atoms with E-state index in [0.717, 1.165) is 38.0 Å². The van der Waals surface area contributed by atoms with Gasteiger partial charge in [-0.25, -0.2) is 4.98 Å². The van der Waals surface area contributed by atoms with Crippen molar-refractivity contribution < 1.29 is 4.79 Å². The van der Waals surface area contributed by atoms with E-state index in [1.165, 1.54) is 0 Å². The van der Waals surface area contributed by atoms with E-state index >= 15 is 0 Å². The Hall–Kier alpha value is -1.62. The van der Waals surface area contributed by atoms with Gasteiger partial charge < -0.3 is 16.0 Å². The number of hydrogen-bond donors (Lipinski definition) is 2. The number of nitrogens with one attached hydrogen (secondary N) is 1. The molecule has 1 fully saturated rings. The zero-order valence-electron chi connectivity index (χ0n) is 13.3. The van der Waals surface area contributed by atoms with E-state index < -0.39 is 0 Å². The summed E-state index contributed by atoms with van der Waals surface area (Å²) in [6, 6.07) is 3.47. The Morgan fingerprint density at radius 2 is 2.10 bits per heavy atom. The summed E-state index contributed by atoms with van der Waals surface area (Å²) in [6.45, 7) is 7.15. The van der Waals surface area contributed by atoms with E-state index in [-0.39, 0.29) is 11.3 Å². The van der Waals surface area contributed by atoms with Gasteiger partial charge in [-0.05, 0) is 56.9 Å². The minimum absolute atomic E-state index is 0.0565. The fourth-order valence-electron chi connectivity index (χ4n) is 2.65. The summed E-state index contributed by atoms with van der Waals surface area (Å²) in [7, 11) is 2.14. The van der Waals surface area contributed by atoms with E-state index in [1.54, 1.807) is 6.07 Å². The smallest absolute Gasteiger partial charge is 0.251 e. The number of aromatic nitrogens is 1. The zero-order valence-corrected chi connectivity index (χ0v) is 13.3. The maximum atomic E-state index is 12.3. The topological polar surface area (TPSA) is 71.2 Å². The van der Waals surface area contributed by atoms with Crippen molar-refractivity contribution >= 4 is 11.7 Å². The number of nitrogens with two attached hydrogens (primary N) is 1. The minimum atomic E-state index is -0.0565. The molecule has 0 aliphatic carbocycles. The van der Waals surface area contributed by atoms with Crippen LogP contribution in [0.2, 0.25) is 0 Å². The van der Waals surface area contributed by atoms with Gasteiger partial charge in [0.1, 0.15) is 5.82 Å². The van der Waals surface area contributed by atoms with Crippen LogP contribution in [0.5, 0.6) is 0 Å². The first-order valence-corrected chi connectivity index (χ1v) is 7.65. The Morgan fingerprint density at radius 3 is 2.71 bits per heavy atom. The molecule has 0 radical (unpaired) electrons. The van der Waals surface area contributed by atoms with Crippen LogP contribution >= 0.6 is 0 Å². The predicted molar refractivity (Wildman–Crippen MR) is 85.2 cm³/mol. The second-order valence-electron chi connectivity index (χ2n) is 6.42. The maximum absolute atomic E-state index is 12.3. The molecule has 0 spiro atoms. The normalized spacial score (nSPS) is 18.4. The van der Waals surface area contributed by atoms with Gasteiger partial charge >= 0.3 is 0 Å². The molecule has 1 saturated heterocycles. The van der Waals surface area contributed by atoms with Gasteiger partial charge in [-0.2, -0.15) is 0 Å². The fourth-order valence-corrected chi connectivity index (χ4v) is 2.65. The molecule has 2 rings (SSSR count). The van der Waals surface area contributed by atoms with Crippen LogP contribution in [-0.2, 0) is 6.42 Å². The molecule has 0 atom stereocenters. The number of amides is 1. The van der Waals surface area contributed by atoms with Crippen molar-refractivity contribution in [1.29, 1.82) is 0 Å². The summed E-state index contributed by atoms with van der Waals surface area (Å²) in [5.41, 5.74) is 7.40.